The summed E-state index contributed by atoms with van der Waals surface area (Å²) in [6, 6.07) is 4.15. The van der Waals surface area contributed by atoms with E-state index in [0.717, 1.165) is 6.07 Å². The first-order valence-corrected chi connectivity index (χ1v) is 9.83. The Kier molecular flexibility index (Phi) is 4.98. The van der Waals surface area contributed by atoms with Crippen LogP contribution in [0.5, 0.6) is 0 Å². The number of hydrogen-bond acceptors (Lipinski definition) is 5. The van der Waals surface area contributed by atoms with Gasteiger partial charge in [0.15, 0.2) is 5.13 Å². The first-order valence-electron chi connectivity index (χ1n) is 9.02. The minimum absolute atomic E-state index is 0.0107. The molecule has 0 N–H and O–H groups in total. The molecule has 5 nitrogen and oxygen atoms in total. The van der Waals surface area contributed by atoms with E-state index in [1.54, 1.807) is 6.07 Å². The van der Waals surface area contributed by atoms with Gasteiger partial charge in [0.1, 0.15) is 0 Å². The van der Waals surface area contributed by atoms with Crippen molar-refractivity contribution in [1.82, 2.24) is 9.88 Å². The molecule has 146 valence electrons. The molecule has 2 aliphatic heterocycles. The third kappa shape index (κ3) is 3.75. The lowest BCUT2D eigenvalue weighted by atomic mass is 9.95. The van der Waals surface area contributed by atoms with Gasteiger partial charge in [-0.25, -0.2) is 4.98 Å². The molecule has 9 heteroatoms. The van der Waals surface area contributed by atoms with Crippen LogP contribution in [0.2, 0.25) is 0 Å². The number of para-hydroxylation sites is 1. The van der Waals surface area contributed by atoms with E-state index < -0.39 is 11.7 Å². The molecule has 2 fully saturated rings. The number of ether oxygens (including phenoxy) is 1. The van der Waals surface area contributed by atoms with Crippen molar-refractivity contribution < 1.29 is 22.7 Å². The minimum atomic E-state index is -4.41. The van der Waals surface area contributed by atoms with Crippen LogP contribution in [0.1, 0.15) is 18.4 Å². The topological polar surface area (TPSA) is 45.7 Å². The maximum absolute atomic E-state index is 13.2. The van der Waals surface area contributed by atoms with E-state index in [1.165, 1.54) is 17.4 Å². The molecule has 3 heterocycles. The van der Waals surface area contributed by atoms with E-state index >= 15 is 0 Å². The molecule has 1 aromatic heterocycles. The van der Waals surface area contributed by atoms with Crippen molar-refractivity contribution in [2.24, 2.45) is 5.92 Å². The number of carbonyl (C=O) groups is 1. The van der Waals surface area contributed by atoms with Gasteiger partial charge < -0.3 is 14.5 Å². The molecule has 2 saturated heterocycles. The Hall–Kier alpha value is -1.87. The molecule has 2 aromatic rings. The van der Waals surface area contributed by atoms with Crippen molar-refractivity contribution in [3.05, 3.63) is 23.8 Å². The van der Waals surface area contributed by atoms with Gasteiger partial charge in [-0.3, -0.25) is 4.79 Å². The maximum Gasteiger partial charge on any atom is 0.418 e. The van der Waals surface area contributed by atoms with Gasteiger partial charge in [-0.15, -0.1) is 0 Å². The number of amides is 1. The monoisotopic (exact) mass is 399 g/mol. The van der Waals surface area contributed by atoms with Crippen LogP contribution in [0, 0.1) is 5.92 Å². The van der Waals surface area contributed by atoms with Crippen LogP contribution in [0.25, 0.3) is 10.2 Å². The molecule has 0 atom stereocenters. The van der Waals surface area contributed by atoms with E-state index in [-0.39, 0.29) is 17.3 Å². The third-order valence-corrected chi connectivity index (χ3v) is 6.23. The Balaban J connectivity index is 1.46. The number of aromatic nitrogens is 1. The highest BCUT2D eigenvalue weighted by molar-refractivity contribution is 7.22. The number of piperidine rings is 1. The summed E-state index contributed by atoms with van der Waals surface area (Å²) in [7, 11) is 0. The second-order valence-electron chi connectivity index (χ2n) is 6.85. The van der Waals surface area contributed by atoms with Crippen molar-refractivity contribution in [3.63, 3.8) is 0 Å². The lowest BCUT2D eigenvalue weighted by Gasteiger charge is -2.35. The number of anilines is 1. The number of benzene rings is 1. The molecule has 0 unspecified atom stereocenters. The van der Waals surface area contributed by atoms with Gasteiger partial charge in [0.05, 0.1) is 29.0 Å². The SMILES string of the molecule is O=C(C1CCN(c2nc3c(C(F)(F)F)cccc3s2)CC1)N1CCOCC1. The van der Waals surface area contributed by atoms with Crippen molar-refractivity contribution >= 4 is 32.6 Å². The summed E-state index contributed by atoms with van der Waals surface area (Å²) < 4.78 is 45.4. The second kappa shape index (κ2) is 7.27. The van der Waals surface area contributed by atoms with Gasteiger partial charge in [0.25, 0.3) is 0 Å². The average molecular weight is 399 g/mol. The number of fused-ring (bicyclic) bond motifs is 1. The highest BCUT2D eigenvalue weighted by Gasteiger charge is 2.35. The summed E-state index contributed by atoms with van der Waals surface area (Å²) in [5.74, 6) is 0.140. The number of halogens is 3. The lowest BCUT2D eigenvalue weighted by molar-refractivity contribution is -0.140. The molecule has 0 spiro atoms. The average Bonchev–Trinajstić information content (AvgIpc) is 3.11. The number of alkyl halides is 3. The van der Waals surface area contributed by atoms with Gasteiger partial charge in [0, 0.05) is 32.1 Å². The normalized spacial score (nSPS) is 19.7. The Morgan fingerprint density at radius 1 is 1.15 bits per heavy atom. The predicted octanol–water partition coefficient (Wildman–Crippen LogP) is 3.39. The smallest absolute Gasteiger partial charge is 0.378 e. The van der Waals surface area contributed by atoms with Gasteiger partial charge >= 0.3 is 6.18 Å². The molecule has 2 aliphatic rings. The predicted molar refractivity (Wildman–Crippen MR) is 97.0 cm³/mol. The van der Waals surface area contributed by atoms with Gasteiger partial charge in [-0.05, 0) is 25.0 Å². The molecule has 1 aromatic carbocycles. The van der Waals surface area contributed by atoms with Crippen LogP contribution < -0.4 is 4.90 Å². The molecule has 0 bridgehead atoms. The van der Waals surface area contributed by atoms with Gasteiger partial charge in [-0.1, -0.05) is 17.4 Å². The summed E-state index contributed by atoms with van der Waals surface area (Å²) in [6.07, 6.45) is -3.03. The number of morpholine rings is 1. The van der Waals surface area contributed by atoms with E-state index in [0.29, 0.717) is 62.1 Å². The Morgan fingerprint density at radius 3 is 2.52 bits per heavy atom. The third-order valence-electron chi connectivity index (χ3n) is 5.15. The number of hydrogen-bond donors (Lipinski definition) is 0. The van der Waals surface area contributed by atoms with Crippen molar-refractivity contribution in [2.75, 3.05) is 44.3 Å². The first-order chi connectivity index (χ1) is 12.9. The number of rotatable bonds is 2. The zero-order chi connectivity index (χ0) is 19.0. The molecule has 4 rings (SSSR count). The van der Waals surface area contributed by atoms with Crippen LogP contribution in [0.4, 0.5) is 18.3 Å². The summed E-state index contributed by atoms with van der Waals surface area (Å²) in [4.78, 5) is 20.7. The quantitative estimate of drug-likeness (QED) is 0.777. The molecule has 0 saturated carbocycles. The zero-order valence-corrected chi connectivity index (χ0v) is 15.5. The van der Waals surface area contributed by atoms with E-state index in [1.807, 2.05) is 9.80 Å². The number of thiazole rings is 1. The van der Waals surface area contributed by atoms with Crippen LogP contribution in [-0.2, 0) is 15.7 Å². The lowest BCUT2D eigenvalue weighted by Crippen LogP contribution is -2.46. The van der Waals surface area contributed by atoms with Crippen molar-refractivity contribution in [2.45, 2.75) is 19.0 Å². The fourth-order valence-corrected chi connectivity index (χ4v) is 4.70. The molecule has 1 amide bonds. The highest BCUT2D eigenvalue weighted by Crippen LogP contribution is 2.39. The fraction of sp³-hybridized carbons (Fsp3) is 0.556. The zero-order valence-electron chi connectivity index (χ0n) is 14.7. The summed E-state index contributed by atoms with van der Waals surface area (Å²) >= 11 is 1.27. The summed E-state index contributed by atoms with van der Waals surface area (Å²) in [5, 5.41) is 0.596. The Morgan fingerprint density at radius 2 is 1.85 bits per heavy atom. The van der Waals surface area contributed by atoms with Gasteiger partial charge in [0.2, 0.25) is 5.91 Å². The van der Waals surface area contributed by atoms with E-state index in [9.17, 15) is 18.0 Å². The van der Waals surface area contributed by atoms with Gasteiger partial charge in [-0.2, -0.15) is 13.2 Å². The van der Waals surface area contributed by atoms with Crippen LogP contribution in [-0.4, -0.2) is 55.2 Å². The largest absolute Gasteiger partial charge is 0.418 e. The standard InChI is InChI=1S/C18H20F3N3O2S/c19-18(20,21)13-2-1-3-14-15(13)22-17(27-14)24-6-4-12(5-7-24)16(25)23-8-10-26-11-9-23/h1-3,12H,4-11H2. The minimum Gasteiger partial charge on any atom is -0.378 e. The van der Waals surface area contributed by atoms with E-state index in [4.69, 9.17) is 4.74 Å². The summed E-state index contributed by atoms with van der Waals surface area (Å²) in [5.41, 5.74) is -0.684. The van der Waals surface area contributed by atoms with Crippen LogP contribution >= 0.6 is 11.3 Å². The van der Waals surface area contributed by atoms with E-state index in [2.05, 4.69) is 4.98 Å². The highest BCUT2D eigenvalue weighted by atomic mass is 32.1. The molecule has 0 radical (unpaired) electrons. The van der Waals surface area contributed by atoms with Crippen molar-refractivity contribution in [1.29, 1.82) is 0 Å². The first kappa shape index (κ1) is 18.5. The van der Waals surface area contributed by atoms with Crippen molar-refractivity contribution in [3.8, 4) is 0 Å². The molecule has 0 aliphatic carbocycles. The number of nitrogens with zero attached hydrogens (tertiary/aromatic N) is 3. The fourth-order valence-electron chi connectivity index (χ4n) is 3.66. The molecule has 27 heavy (non-hydrogen) atoms. The molecular weight excluding hydrogens is 379 g/mol. The van der Waals surface area contributed by atoms with Crippen LogP contribution in [0.15, 0.2) is 18.2 Å². The Bertz CT molecular complexity index is 825. The van der Waals surface area contributed by atoms with Crippen LogP contribution in [0.3, 0.4) is 0 Å². The maximum atomic E-state index is 13.2. The number of carbonyl (C=O) groups excluding carboxylic acids is 1. The Labute approximate surface area is 158 Å². The second-order valence-corrected chi connectivity index (χ2v) is 7.85. The summed E-state index contributed by atoms with van der Waals surface area (Å²) in [6.45, 7) is 3.69. The molecular formula is C18H20F3N3O2S.